The molecule has 0 saturated heterocycles. The van der Waals surface area contributed by atoms with Crippen LogP contribution in [0.5, 0.6) is 11.5 Å². The van der Waals surface area contributed by atoms with Gasteiger partial charge in [-0.15, -0.1) is 11.3 Å². The average Bonchev–Trinajstić information content (AvgIpc) is 3.34. The lowest BCUT2D eigenvalue weighted by Crippen LogP contribution is -2.24. The van der Waals surface area contributed by atoms with Crippen LogP contribution in [-0.4, -0.2) is 19.2 Å². The van der Waals surface area contributed by atoms with Crippen molar-refractivity contribution in [2.75, 3.05) is 7.11 Å². The Morgan fingerprint density at radius 2 is 1.79 bits per heavy atom. The third kappa shape index (κ3) is 6.26. The van der Waals surface area contributed by atoms with Crippen molar-refractivity contribution in [2.45, 2.75) is 38.8 Å². The topological polar surface area (TPSA) is 59.9 Å². The number of hydrogen-bond donors (Lipinski definition) is 1. The number of carbonyl (C=O) groups is 1. The molecule has 0 fully saturated rings. The van der Waals surface area contributed by atoms with Crippen LogP contribution >= 0.6 is 22.9 Å². The van der Waals surface area contributed by atoms with E-state index in [2.05, 4.69) is 5.32 Å². The van der Waals surface area contributed by atoms with E-state index in [9.17, 15) is 4.79 Å². The molecule has 0 unspecified atom stereocenters. The number of hydrogen-bond acceptors (Lipinski definition) is 5. The Labute approximate surface area is 232 Å². The first-order valence-corrected chi connectivity index (χ1v) is 13.9. The molecule has 7 heteroatoms. The van der Waals surface area contributed by atoms with Crippen LogP contribution in [0, 0.1) is 0 Å². The SMILES string of the molecule is COc1cc(C=Nc2sc3c(c2C(=O)NCc2ccccc2)CCCC3)ccc1OCc1ccc(Cl)cc1. The number of amides is 1. The number of fused-ring (bicyclic) bond motifs is 1. The Balaban J connectivity index is 1.34. The number of thiophene rings is 1. The summed E-state index contributed by atoms with van der Waals surface area (Å²) in [5.74, 6) is 1.20. The van der Waals surface area contributed by atoms with Gasteiger partial charge in [-0.25, -0.2) is 4.99 Å². The van der Waals surface area contributed by atoms with Crippen LogP contribution in [-0.2, 0) is 26.0 Å². The van der Waals surface area contributed by atoms with Crippen molar-refractivity contribution in [3.63, 3.8) is 0 Å². The van der Waals surface area contributed by atoms with Crippen LogP contribution in [0.1, 0.15) is 50.3 Å². The quantitative estimate of drug-likeness (QED) is 0.221. The van der Waals surface area contributed by atoms with Crippen molar-refractivity contribution in [2.24, 2.45) is 4.99 Å². The highest BCUT2D eigenvalue weighted by atomic mass is 35.5. The summed E-state index contributed by atoms with van der Waals surface area (Å²) in [6, 6.07) is 23.2. The van der Waals surface area contributed by atoms with Crippen LogP contribution in [0.4, 0.5) is 5.00 Å². The predicted octanol–water partition coefficient (Wildman–Crippen LogP) is 7.55. The second kappa shape index (κ2) is 12.3. The number of halogens is 1. The van der Waals surface area contributed by atoms with Gasteiger partial charge in [0.2, 0.25) is 0 Å². The highest BCUT2D eigenvalue weighted by Gasteiger charge is 2.25. The number of methoxy groups -OCH3 is 1. The summed E-state index contributed by atoms with van der Waals surface area (Å²) in [7, 11) is 1.62. The van der Waals surface area contributed by atoms with E-state index >= 15 is 0 Å². The van der Waals surface area contributed by atoms with Gasteiger partial charge in [0.1, 0.15) is 11.6 Å². The zero-order valence-corrected chi connectivity index (χ0v) is 22.8. The fourth-order valence-corrected chi connectivity index (χ4v) is 5.86. The third-order valence-electron chi connectivity index (χ3n) is 6.50. The van der Waals surface area contributed by atoms with Crippen molar-refractivity contribution >= 4 is 40.1 Å². The van der Waals surface area contributed by atoms with Crippen molar-refractivity contribution < 1.29 is 14.3 Å². The molecule has 1 aliphatic carbocycles. The molecular weight excluding hydrogens is 516 g/mol. The lowest BCUT2D eigenvalue weighted by Gasteiger charge is -2.13. The molecule has 1 amide bonds. The molecule has 0 radical (unpaired) electrons. The Kier molecular flexibility index (Phi) is 8.41. The second-order valence-electron chi connectivity index (χ2n) is 9.14. The minimum absolute atomic E-state index is 0.0658. The smallest absolute Gasteiger partial charge is 0.254 e. The standard InChI is InChI=1S/C31H29ClN2O3S/c1-36-27-17-23(13-16-26(27)37-20-22-11-14-24(32)15-12-22)19-34-31-29(25-9-5-6-10-28(25)38-31)30(35)33-18-21-7-3-2-4-8-21/h2-4,7-8,11-17,19H,5-6,9-10,18,20H2,1H3,(H,33,35). The zero-order chi connectivity index (χ0) is 26.3. The van der Waals surface area contributed by atoms with Gasteiger partial charge in [-0.3, -0.25) is 4.79 Å². The van der Waals surface area contributed by atoms with E-state index in [0.717, 1.165) is 52.9 Å². The zero-order valence-electron chi connectivity index (χ0n) is 21.2. The van der Waals surface area contributed by atoms with Crippen molar-refractivity contribution in [3.8, 4) is 11.5 Å². The first kappa shape index (κ1) is 26.0. The molecule has 0 bridgehead atoms. The number of rotatable bonds is 9. The summed E-state index contributed by atoms with van der Waals surface area (Å²) in [4.78, 5) is 19.4. The predicted molar refractivity (Wildman–Crippen MR) is 155 cm³/mol. The molecule has 3 aromatic carbocycles. The number of carbonyl (C=O) groups excluding carboxylic acids is 1. The highest BCUT2D eigenvalue weighted by Crippen LogP contribution is 2.40. The molecule has 1 aliphatic rings. The lowest BCUT2D eigenvalue weighted by atomic mass is 9.95. The van der Waals surface area contributed by atoms with Gasteiger partial charge in [-0.2, -0.15) is 0 Å². The minimum atomic E-state index is -0.0658. The molecule has 4 aromatic rings. The van der Waals surface area contributed by atoms with Crippen LogP contribution in [0.3, 0.4) is 0 Å². The van der Waals surface area contributed by atoms with Gasteiger partial charge >= 0.3 is 0 Å². The molecule has 1 aromatic heterocycles. The first-order valence-electron chi connectivity index (χ1n) is 12.7. The molecular formula is C31H29ClN2O3S. The summed E-state index contributed by atoms with van der Waals surface area (Å²) < 4.78 is 11.6. The maximum absolute atomic E-state index is 13.3. The monoisotopic (exact) mass is 544 g/mol. The van der Waals surface area contributed by atoms with E-state index in [1.54, 1.807) is 24.7 Å². The van der Waals surface area contributed by atoms with Gasteiger partial charge in [0.05, 0.1) is 12.7 Å². The number of ether oxygens (including phenoxy) is 2. The van der Waals surface area contributed by atoms with Crippen molar-refractivity contribution in [3.05, 3.63) is 111 Å². The molecule has 1 N–H and O–H groups in total. The summed E-state index contributed by atoms with van der Waals surface area (Å²) in [6.45, 7) is 0.894. The number of aryl methyl sites for hydroxylation is 1. The van der Waals surface area contributed by atoms with E-state index in [1.165, 1.54) is 4.88 Å². The molecule has 0 spiro atoms. The van der Waals surface area contributed by atoms with Crippen LogP contribution in [0.25, 0.3) is 0 Å². The van der Waals surface area contributed by atoms with Gasteiger partial charge in [-0.05, 0) is 78.3 Å². The van der Waals surface area contributed by atoms with Crippen LogP contribution in [0.15, 0.2) is 77.8 Å². The molecule has 5 nitrogen and oxygen atoms in total. The molecule has 38 heavy (non-hydrogen) atoms. The van der Waals surface area contributed by atoms with Gasteiger partial charge in [0.15, 0.2) is 11.5 Å². The first-order chi connectivity index (χ1) is 18.6. The van der Waals surface area contributed by atoms with E-state index < -0.39 is 0 Å². The molecule has 194 valence electrons. The Bertz CT molecular complexity index is 1430. The Morgan fingerprint density at radius 1 is 1.00 bits per heavy atom. The fourth-order valence-electron chi connectivity index (χ4n) is 4.50. The summed E-state index contributed by atoms with van der Waals surface area (Å²) in [5.41, 5.74) is 4.82. The minimum Gasteiger partial charge on any atom is -0.493 e. The molecule has 5 rings (SSSR count). The number of nitrogens with one attached hydrogen (secondary N) is 1. The summed E-state index contributed by atoms with van der Waals surface area (Å²) in [5, 5.41) is 4.54. The maximum atomic E-state index is 13.3. The Hall–Kier alpha value is -3.61. The number of aliphatic imine (C=N–C) groups is 1. The molecule has 0 aliphatic heterocycles. The van der Waals surface area contributed by atoms with E-state index in [-0.39, 0.29) is 5.91 Å². The summed E-state index contributed by atoms with van der Waals surface area (Å²) in [6.07, 6.45) is 5.96. The number of benzene rings is 3. The summed E-state index contributed by atoms with van der Waals surface area (Å²) >= 11 is 7.60. The molecule has 0 atom stereocenters. The van der Waals surface area contributed by atoms with E-state index in [1.807, 2.05) is 72.8 Å². The Morgan fingerprint density at radius 3 is 2.58 bits per heavy atom. The van der Waals surface area contributed by atoms with E-state index in [4.69, 9.17) is 26.1 Å². The van der Waals surface area contributed by atoms with Gasteiger partial charge < -0.3 is 14.8 Å². The van der Waals surface area contributed by atoms with Crippen LogP contribution in [0.2, 0.25) is 5.02 Å². The van der Waals surface area contributed by atoms with E-state index in [0.29, 0.717) is 35.2 Å². The van der Waals surface area contributed by atoms with Crippen LogP contribution < -0.4 is 14.8 Å². The molecule has 0 saturated carbocycles. The molecule has 1 heterocycles. The largest absolute Gasteiger partial charge is 0.493 e. The maximum Gasteiger partial charge on any atom is 0.254 e. The normalized spacial score (nSPS) is 12.8. The fraction of sp³-hybridized carbons (Fsp3) is 0.226. The van der Waals surface area contributed by atoms with Gasteiger partial charge in [0, 0.05) is 22.7 Å². The van der Waals surface area contributed by atoms with Gasteiger partial charge in [0.25, 0.3) is 5.91 Å². The third-order valence-corrected chi connectivity index (χ3v) is 7.95. The van der Waals surface area contributed by atoms with Crippen molar-refractivity contribution in [1.29, 1.82) is 0 Å². The number of nitrogens with zero attached hydrogens (tertiary/aromatic N) is 1. The van der Waals surface area contributed by atoms with Crippen molar-refractivity contribution in [1.82, 2.24) is 5.32 Å². The average molecular weight is 545 g/mol. The lowest BCUT2D eigenvalue weighted by molar-refractivity contribution is 0.0951. The second-order valence-corrected chi connectivity index (χ2v) is 10.7. The van der Waals surface area contributed by atoms with Gasteiger partial charge in [-0.1, -0.05) is 54.1 Å². The highest BCUT2D eigenvalue weighted by molar-refractivity contribution is 7.16.